The molecule has 1 rings (SSSR count). The average Bonchev–Trinajstić information content (AvgIpc) is 2.70. The van der Waals surface area contributed by atoms with E-state index in [1.165, 1.54) is 6.92 Å². The molecule has 0 bridgehead atoms. The van der Waals surface area contributed by atoms with E-state index in [2.05, 4.69) is 16.6 Å². The van der Waals surface area contributed by atoms with E-state index in [9.17, 15) is 14.4 Å². The highest BCUT2D eigenvalue weighted by molar-refractivity contribution is 5.86. The Balaban J connectivity index is 2.12. The van der Waals surface area contributed by atoms with Crippen LogP contribution < -0.4 is 5.32 Å². The van der Waals surface area contributed by atoms with Crippen LogP contribution in [0.15, 0.2) is 12.2 Å². The van der Waals surface area contributed by atoms with Crippen molar-refractivity contribution in [1.82, 2.24) is 5.32 Å². The second-order valence-electron chi connectivity index (χ2n) is 3.69. The Hall–Kier alpha value is -2.05. The van der Waals surface area contributed by atoms with Crippen LogP contribution in [0.5, 0.6) is 0 Å². The molecule has 1 unspecified atom stereocenters. The molecule has 1 atom stereocenters. The highest BCUT2D eigenvalue weighted by Crippen LogP contribution is 2.09. The number of hydrogen-bond acceptors (Lipinski definition) is 6. The number of ether oxygens (including phenoxy) is 3. The molecule has 100 valence electrons. The minimum absolute atomic E-state index is 0.00983. The number of esters is 2. The maximum Gasteiger partial charge on any atom is 0.408 e. The first kappa shape index (κ1) is 14.0. The molecule has 1 heterocycles. The summed E-state index contributed by atoms with van der Waals surface area (Å²) in [6.45, 7) is 5.29. The fourth-order valence-electron chi connectivity index (χ4n) is 1.18. The number of alkyl carbamates (subject to hydrolysis) is 1. The number of hydrogen-bond donors (Lipinski definition) is 1. The predicted molar refractivity (Wildman–Crippen MR) is 59.6 cm³/mol. The van der Waals surface area contributed by atoms with Gasteiger partial charge in [-0.2, -0.15) is 0 Å². The zero-order valence-corrected chi connectivity index (χ0v) is 10.1. The predicted octanol–water partition coefficient (Wildman–Crippen LogP) is 0.147. The molecule has 7 nitrogen and oxygen atoms in total. The summed E-state index contributed by atoms with van der Waals surface area (Å²) in [6.07, 6.45) is -1.23. The SMILES string of the molecule is C=C(C)C(=O)OCCNC(=O)OC1CCOC1=O. The lowest BCUT2D eigenvalue weighted by Crippen LogP contribution is -2.33. The molecule has 0 aromatic heterocycles. The first-order chi connectivity index (χ1) is 8.50. The highest BCUT2D eigenvalue weighted by Gasteiger charge is 2.29. The molecular weight excluding hydrogens is 242 g/mol. The van der Waals surface area contributed by atoms with Crippen molar-refractivity contribution in [3.63, 3.8) is 0 Å². The average molecular weight is 257 g/mol. The van der Waals surface area contributed by atoms with Crippen LogP contribution >= 0.6 is 0 Å². The van der Waals surface area contributed by atoms with Gasteiger partial charge < -0.3 is 19.5 Å². The molecule has 1 saturated heterocycles. The lowest BCUT2D eigenvalue weighted by molar-refractivity contribution is -0.144. The van der Waals surface area contributed by atoms with Crippen LogP contribution in [0, 0.1) is 0 Å². The van der Waals surface area contributed by atoms with Crippen molar-refractivity contribution in [2.75, 3.05) is 19.8 Å². The summed E-state index contributed by atoms with van der Waals surface area (Å²) < 4.78 is 14.2. The van der Waals surface area contributed by atoms with Crippen LogP contribution in [-0.2, 0) is 23.8 Å². The summed E-state index contributed by atoms with van der Waals surface area (Å²) in [5.74, 6) is -1.07. The third-order valence-corrected chi connectivity index (χ3v) is 2.09. The third-order valence-electron chi connectivity index (χ3n) is 2.09. The second-order valence-corrected chi connectivity index (χ2v) is 3.69. The van der Waals surface area contributed by atoms with Gasteiger partial charge in [-0.25, -0.2) is 14.4 Å². The van der Waals surface area contributed by atoms with Gasteiger partial charge in [-0.1, -0.05) is 6.58 Å². The summed E-state index contributed by atoms with van der Waals surface area (Å²) in [6, 6.07) is 0. The molecule has 1 N–H and O–H groups in total. The van der Waals surface area contributed by atoms with Gasteiger partial charge in [0.05, 0.1) is 13.2 Å². The third kappa shape index (κ3) is 4.44. The van der Waals surface area contributed by atoms with Crippen molar-refractivity contribution in [1.29, 1.82) is 0 Å². The van der Waals surface area contributed by atoms with Crippen LogP contribution in [0.25, 0.3) is 0 Å². The van der Waals surface area contributed by atoms with Crippen LogP contribution in [0.1, 0.15) is 13.3 Å². The zero-order chi connectivity index (χ0) is 13.5. The topological polar surface area (TPSA) is 90.9 Å². The van der Waals surface area contributed by atoms with Gasteiger partial charge in [0, 0.05) is 12.0 Å². The maximum atomic E-state index is 11.2. The van der Waals surface area contributed by atoms with E-state index in [0.717, 1.165) is 0 Å². The van der Waals surface area contributed by atoms with E-state index in [-0.39, 0.29) is 25.3 Å². The van der Waals surface area contributed by atoms with Crippen LogP contribution in [0.4, 0.5) is 4.79 Å². The van der Waals surface area contributed by atoms with Crippen LogP contribution in [0.2, 0.25) is 0 Å². The number of carbonyl (C=O) groups is 3. The van der Waals surface area contributed by atoms with Gasteiger partial charge in [0.15, 0.2) is 0 Å². The van der Waals surface area contributed by atoms with Crippen molar-refractivity contribution < 1.29 is 28.6 Å². The Kier molecular flexibility index (Phi) is 5.16. The largest absolute Gasteiger partial charge is 0.463 e. The van der Waals surface area contributed by atoms with E-state index < -0.39 is 24.1 Å². The Morgan fingerprint density at radius 2 is 2.28 bits per heavy atom. The van der Waals surface area contributed by atoms with Gasteiger partial charge in [-0.15, -0.1) is 0 Å². The Bertz CT molecular complexity index is 365. The molecule has 0 radical (unpaired) electrons. The van der Waals surface area contributed by atoms with Gasteiger partial charge in [0.2, 0.25) is 6.10 Å². The second kappa shape index (κ2) is 6.63. The summed E-state index contributed by atoms with van der Waals surface area (Å²) >= 11 is 0. The molecule has 1 amide bonds. The normalized spacial score (nSPS) is 17.8. The highest BCUT2D eigenvalue weighted by atomic mass is 16.6. The van der Waals surface area contributed by atoms with E-state index in [0.29, 0.717) is 6.42 Å². The number of nitrogens with one attached hydrogen (secondary N) is 1. The molecule has 0 aromatic carbocycles. The number of cyclic esters (lactones) is 1. The standard InChI is InChI=1S/C11H15NO6/c1-7(2)9(13)17-6-4-12-11(15)18-8-3-5-16-10(8)14/h8H,1,3-6H2,2H3,(H,12,15). The molecule has 0 aromatic rings. The minimum atomic E-state index is -0.844. The Labute approximate surface area is 104 Å². The van der Waals surface area contributed by atoms with Crippen molar-refractivity contribution >= 4 is 18.0 Å². The van der Waals surface area contributed by atoms with Crippen molar-refractivity contribution in [2.24, 2.45) is 0 Å². The lowest BCUT2D eigenvalue weighted by atomic mass is 10.3. The molecule has 7 heteroatoms. The van der Waals surface area contributed by atoms with Gasteiger partial charge in [0.25, 0.3) is 0 Å². The van der Waals surface area contributed by atoms with E-state index in [1.54, 1.807) is 0 Å². The zero-order valence-electron chi connectivity index (χ0n) is 10.1. The van der Waals surface area contributed by atoms with Gasteiger partial charge in [-0.05, 0) is 6.92 Å². The van der Waals surface area contributed by atoms with Gasteiger partial charge in [-0.3, -0.25) is 0 Å². The van der Waals surface area contributed by atoms with Crippen molar-refractivity contribution in [3.8, 4) is 0 Å². The summed E-state index contributed by atoms with van der Waals surface area (Å²) in [5.41, 5.74) is 0.284. The van der Waals surface area contributed by atoms with E-state index in [1.807, 2.05) is 0 Å². The fraction of sp³-hybridized carbons (Fsp3) is 0.545. The molecule has 0 aliphatic carbocycles. The molecule has 1 aliphatic rings. The number of carbonyl (C=O) groups excluding carboxylic acids is 3. The molecule has 1 aliphatic heterocycles. The summed E-state index contributed by atoms with van der Waals surface area (Å²) in [4.78, 5) is 33.2. The molecular formula is C11H15NO6. The molecule has 1 fully saturated rings. The Morgan fingerprint density at radius 3 is 2.83 bits per heavy atom. The van der Waals surface area contributed by atoms with E-state index in [4.69, 9.17) is 9.47 Å². The maximum absolute atomic E-state index is 11.2. The molecule has 0 spiro atoms. The lowest BCUT2D eigenvalue weighted by Gasteiger charge is -2.09. The molecule has 0 saturated carbocycles. The first-order valence-electron chi connectivity index (χ1n) is 5.44. The van der Waals surface area contributed by atoms with Crippen molar-refractivity contribution in [2.45, 2.75) is 19.4 Å². The number of rotatable bonds is 5. The Morgan fingerprint density at radius 1 is 1.56 bits per heavy atom. The van der Waals surface area contributed by atoms with Crippen molar-refractivity contribution in [3.05, 3.63) is 12.2 Å². The summed E-state index contributed by atoms with van der Waals surface area (Å²) in [5, 5.41) is 2.35. The quantitative estimate of drug-likeness (QED) is 0.326. The van der Waals surface area contributed by atoms with Gasteiger partial charge >= 0.3 is 18.0 Å². The fourth-order valence-corrected chi connectivity index (χ4v) is 1.18. The van der Waals surface area contributed by atoms with Crippen LogP contribution in [0.3, 0.4) is 0 Å². The van der Waals surface area contributed by atoms with Crippen LogP contribution in [-0.4, -0.2) is 43.9 Å². The number of amides is 1. The first-order valence-corrected chi connectivity index (χ1v) is 5.44. The van der Waals surface area contributed by atoms with Gasteiger partial charge in [0.1, 0.15) is 6.61 Å². The smallest absolute Gasteiger partial charge is 0.408 e. The summed E-state index contributed by atoms with van der Waals surface area (Å²) in [7, 11) is 0. The monoisotopic (exact) mass is 257 g/mol. The minimum Gasteiger partial charge on any atom is -0.463 e. The van der Waals surface area contributed by atoms with E-state index >= 15 is 0 Å². The molecule has 18 heavy (non-hydrogen) atoms.